The Morgan fingerprint density at radius 1 is 1.00 bits per heavy atom. The number of fused-ring (bicyclic) bond motifs is 1. The minimum Gasteiger partial charge on any atom is -0.394 e. The summed E-state index contributed by atoms with van der Waals surface area (Å²) >= 11 is 0. The van der Waals surface area contributed by atoms with E-state index in [0.29, 0.717) is 5.56 Å². The fraction of sp³-hybridized carbons (Fsp3) is 0.438. The summed E-state index contributed by atoms with van der Waals surface area (Å²) in [5.41, 5.74) is 8.73. The Morgan fingerprint density at radius 3 is 2.58 bits per heavy atom. The molecule has 1 fully saturated rings. The Bertz CT molecular complexity index is 1370. The zero-order chi connectivity index (χ0) is 27.4. The average molecular weight is 539 g/mol. The van der Waals surface area contributed by atoms with Crippen LogP contribution in [-0.4, -0.2) is 52.3 Å². The fourth-order valence-corrected chi connectivity index (χ4v) is 6.37. The van der Waals surface area contributed by atoms with E-state index in [9.17, 15) is 4.79 Å². The van der Waals surface area contributed by atoms with Gasteiger partial charge in [0.15, 0.2) is 12.1 Å². The van der Waals surface area contributed by atoms with Gasteiger partial charge in [-0.1, -0.05) is 49.6 Å². The fourth-order valence-electron chi connectivity index (χ4n) is 6.37. The minimum absolute atomic E-state index is 0.00376. The lowest BCUT2D eigenvalue weighted by Crippen LogP contribution is -2.51. The summed E-state index contributed by atoms with van der Waals surface area (Å²) in [6.07, 6.45) is 15.4. The SMILES string of the molecule is CC1(c2cccc(C(=O)NC3(CCN4CCc5ccc(-c6cncnc6)cc5CC4)CCCCC3)c2)N=CON1. The van der Waals surface area contributed by atoms with Crippen molar-refractivity contribution in [2.75, 3.05) is 19.6 Å². The third-order valence-electron chi connectivity index (χ3n) is 8.90. The molecule has 8 heteroatoms. The van der Waals surface area contributed by atoms with Gasteiger partial charge >= 0.3 is 0 Å². The zero-order valence-electron chi connectivity index (χ0n) is 23.2. The number of nitrogens with one attached hydrogen (secondary N) is 2. The van der Waals surface area contributed by atoms with Crippen molar-refractivity contribution in [1.82, 2.24) is 25.7 Å². The second-order valence-corrected chi connectivity index (χ2v) is 11.6. The highest BCUT2D eigenvalue weighted by Gasteiger charge is 2.35. The number of hydrogen-bond acceptors (Lipinski definition) is 7. The van der Waals surface area contributed by atoms with E-state index in [1.165, 1.54) is 29.5 Å². The molecule has 3 aliphatic rings. The number of hydroxylamine groups is 1. The van der Waals surface area contributed by atoms with Crippen LogP contribution < -0.4 is 10.8 Å². The van der Waals surface area contributed by atoms with Gasteiger partial charge in [0.1, 0.15) is 6.33 Å². The molecule has 1 atom stereocenters. The van der Waals surface area contributed by atoms with Crippen LogP contribution in [0.2, 0.25) is 0 Å². The molecule has 3 heterocycles. The molecule has 6 rings (SSSR count). The smallest absolute Gasteiger partial charge is 0.251 e. The van der Waals surface area contributed by atoms with Crippen molar-refractivity contribution in [2.45, 2.75) is 69.5 Å². The van der Waals surface area contributed by atoms with E-state index in [2.05, 4.69) is 48.9 Å². The van der Waals surface area contributed by atoms with Gasteiger partial charge in [-0.15, -0.1) is 5.48 Å². The molecule has 2 aliphatic heterocycles. The van der Waals surface area contributed by atoms with Crippen molar-refractivity contribution >= 4 is 12.3 Å². The van der Waals surface area contributed by atoms with Gasteiger partial charge in [-0.3, -0.25) is 4.79 Å². The summed E-state index contributed by atoms with van der Waals surface area (Å²) in [5, 5.41) is 3.51. The zero-order valence-corrected chi connectivity index (χ0v) is 23.2. The second-order valence-electron chi connectivity index (χ2n) is 11.6. The van der Waals surface area contributed by atoms with Crippen LogP contribution in [0.1, 0.15) is 72.5 Å². The van der Waals surface area contributed by atoms with Gasteiger partial charge in [0.25, 0.3) is 5.91 Å². The largest absolute Gasteiger partial charge is 0.394 e. The predicted octanol–water partition coefficient (Wildman–Crippen LogP) is 4.80. The van der Waals surface area contributed by atoms with Crippen LogP contribution in [0.5, 0.6) is 0 Å². The number of nitrogens with zero attached hydrogens (tertiary/aromatic N) is 4. The third-order valence-corrected chi connectivity index (χ3v) is 8.90. The molecule has 1 aromatic heterocycles. The monoisotopic (exact) mass is 538 g/mol. The highest BCUT2D eigenvalue weighted by atomic mass is 16.7. The lowest BCUT2D eigenvalue weighted by atomic mass is 9.79. The molecule has 2 aromatic carbocycles. The molecular formula is C32H38N6O2. The van der Waals surface area contributed by atoms with Crippen LogP contribution >= 0.6 is 0 Å². The number of aliphatic imine (C=N–C) groups is 1. The average Bonchev–Trinajstić information content (AvgIpc) is 3.35. The van der Waals surface area contributed by atoms with Gasteiger partial charge < -0.3 is 15.1 Å². The van der Waals surface area contributed by atoms with Crippen LogP contribution in [-0.2, 0) is 23.3 Å². The number of benzene rings is 2. The Morgan fingerprint density at radius 2 is 1.80 bits per heavy atom. The summed E-state index contributed by atoms with van der Waals surface area (Å²) < 4.78 is 0. The van der Waals surface area contributed by atoms with Crippen molar-refractivity contribution in [3.63, 3.8) is 0 Å². The lowest BCUT2D eigenvalue weighted by molar-refractivity contribution is 0.0843. The van der Waals surface area contributed by atoms with Crippen molar-refractivity contribution in [1.29, 1.82) is 0 Å². The molecule has 40 heavy (non-hydrogen) atoms. The number of amides is 1. The molecule has 0 bridgehead atoms. The molecule has 3 aromatic rings. The Balaban J connectivity index is 1.11. The number of rotatable bonds is 7. The number of hydrogen-bond donors (Lipinski definition) is 2. The molecule has 8 nitrogen and oxygen atoms in total. The molecule has 208 valence electrons. The Labute approximate surface area is 236 Å². The third kappa shape index (κ3) is 5.78. The number of carbonyl (C=O) groups excluding carboxylic acids is 1. The number of aromatic nitrogens is 2. The minimum atomic E-state index is -0.682. The first-order chi connectivity index (χ1) is 19.5. The van der Waals surface area contributed by atoms with E-state index in [4.69, 9.17) is 4.84 Å². The van der Waals surface area contributed by atoms with Gasteiger partial charge in [-0.25, -0.2) is 15.0 Å². The Hall–Kier alpha value is -3.62. The molecule has 0 spiro atoms. The summed E-state index contributed by atoms with van der Waals surface area (Å²) in [4.78, 5) is 34.1. The number of carbonyl (C=O) groups is 1. The first-order valence-electron chi connectivity index (χ1n) is 14.5. The van der Waals surface area contributed by atoms with Gasteiger partial charge in [0, 0.05) is 48.7 Å². The van der Waals surface area contributed by atoms with Crippen LogP contribution in [0.25, 0.3) is 11.1 Å². The van der Waals surface area contributed by atoms with Crippen LogP contribution in [0.15, 0.2) is 66.2 Å². The molecule has 1 aliphatic carbocycles. The maximum absolute atomic E-state index is 13.6. The van der Waals surface area contributed by atoms with Gasteiger partial charge in [-0.2, -0.15) is 0 Å². The van der Waals surface area contributed by atoms with E-state index >= 15 is 0 Å². The first-order valence-corrected chi connectivity index (χ1v) is 14.5. The highest BCUT2D eigenvalue weighted by molar-refractivity contribution is 5.95. The van der Waals surface area contributed by atoms with Crippen LogP contribution in [0, 0.1) is 0 Å². The van der Waals surface area contributed by atoms with Gasteiger partial charge in [-0.05, 0) is 73.4 Å². The Kier molecular flexibility index (Phi) is 7.63. The molecule has 1 amide bonds. The standard InChI is InChI=1S/C32H38N6O2/c1-31(35-23-40-37-31)29-7-5-6-27(19-29)30(39)36-32(12-3-2-4-13-32)14-17-38-15-10-24-8-9-25(18-26(24)11-16-38)28-20-33-22-34-21-28/h5-9,18-23,37H,2-4,10-17H2,1H3,(H,36,39). The first kappa shape index (κ1) is 26.6. The molecule has 2 N–H and O–H groups in total. The molecular weight excluding hydrogens is 500 g/mol. The van der Waals surface area contributed by atoms with E-state index in [0.717, 1.165) is 75.7 Å². The maximum atomic E-state index is 13.6. The topological polar surface area (TPSA) is 91.7 Å². The summed E-state index contributed by atoms with van der Waals surface area (Å²) in [7, 11) is 0. The predicted molar refractivity (Wildman–Crippen MR) is 156 cm³/mol. The van der Waals surface area contributed by atoms with Gasteiger partial charge in [0.2, 0.25) is 0 Å². The van der Waals surface area contributed by atoms with Crippen molar-refractivity contribution in [3.8, 4) is 11.1 Å². The summed E-state index contributed by atoms with van der Waals surface area (Å²) in [6, 6.07) is 14.5. The van der Waals surface area contributed by atoms with E-state index < -0.39 is 5.66 Å². The van der Waals surface area contributed by atoms with Gasteiger partial charge in [0.05, 0.1) is 0 Å². The van der Waals surface area contributed by atoms with Crippen molar-refractivity contribution in [2.24, 2.45) is 4.99 Å². The molecule has 1 unspecified atom stereocenters. The highest BCUT2D eigenvalue weighted by Crippen LogP contribution is 2.33. The van der Waals surface area contributed by atoms with E-state index in [1.54, 1.807) is 6.33 Å². The van der Waals surface area contributed by atoms with Crippen molar-refractivity contribution in [3.05, 3.63) is 83.4 Å². The second kappa shape index (κ2) is 11.5. The van der Waals surface area contributed by atoms with E-state index in [1.807, 2.05) is 43.6 Å². The normalized spacial score (nSPS) is 22.2. The molecule has 1 saturated carbocycles. The van der Waals surface area contributed by atoms with Crippen LogP contribution in [0.4, 0.5) is 0 Å². The summed E-state index contributed by atoms with van der Waals surface area (Å²) in [5.74, 6) is -0.00376. The van der Waals surface area contributed by atoms with Crippen molar-refractivity contribution < 1.29 is 9.63 Å². The molecule has 0 radical (unpaired) electrons. The summed E-state index contributed by atoms with van der Waals surface area (Å²) in [6.45, 7) is 5.00. The quantitative estimate of drug-likeness (QED) is 0.449. The maximum Gasteiger partial charge on any atom is 0.251 e. The molecule has 0 saturated heterocycles. The van der Waals surface area contributed by atoms with Crippen LogP contribution in [0.3, 0.4) is 0 Å². The van der Waals surface area contributed by atoms with E-state index in [-0.39, 0.29) is 11.4 Å². The lowest BCUT2D eigenvalue weighted by Gasteiger charge is -2.40.